The number of rotatable bonds is 14. The Morgan fingerprint density at radius 2 is 1.60 bits per heavy atom. The Balaban J connectivity index is 1.10. The van der Waals surface area contributed by atoms with Gasteiger partial charge in [0.05, 0.1) is 63.8 Å². The van der Waals surface area contributed by atoms with Gasteiger partial charge in [-0.15, -0.1) is 0 Å². The third kappa shape index (κ3) is 8.62. The second kappa shape index (κ2) is 17.2. The van der Waals surface area contributed by atoms with Crippen LogP contribution in [0.4, 0.5) is 9.59 Å². The van der Waals surface area contributed by atoms with Crippen LogP contribution in [-0.2, 0) is 54.5 Å². The van der Waals surface area contributed by atoms with Crippen molar-refractivity contribution in [1.82, 2.24) is 40.4 Å². The number of aromatic amines is 2. The van der Waals surface area contributed by atoms with E-state index in [0.29, 0.717) is 37.8 Å². The Bertz CT molecular complexity index is 2330. The molecule has 2 aliphatic rings. The van der Waals surface area contributed by atoms with Crippen molar-refractivity contribution in [2.24, 2.45) is 0 Å². The van der Waals surface area contributed by atoms with E-state index in [1.165, 1.54) is 19.8 Å². The zero-order valence-corrected chi connectivity index (χ0v) is 33.5. The highest BCUT2D eigenvalue weighted by Crippen LogP contribution is 2.36. The van der Waals surface area contributed by atoms with E-state index < -0.39 is 24.0 Å². The van der Waals surface area contributed by atoms with Crippen molar-refractivity contribution in [3.05, 3.63) is 71.4 Å². The monoisotopic (exact) mass is 794 g/mol. The van der Waals surface area contributed by atoms with Gasteiger partial charge in [0.1, 0.15) is 24.2 Å². The van der Waals surface area contributed by atoms with E-state index in [1.807, 2.05) is 26.8 Å². The first-order valence-electron chi connectivity index (χ1n) is 19.6. The molecule has 4 amide bonds. The smallest absolute Gasteiger partial charge is 0.407 e. The van der Waals surface area contributed by atoms with Crippen LogP contribution in [0.1, 0.15) is 56.5 Å². The Labute approximate surface area is 336 Å². The molecule has 4 N–H and O–H groups in total. The van der Waals surface area contributed by atoms with Gasteiger partial charge in [0.2, 0.25) is 11.8 Å². The standard InChI is InChI=1S/C42H50N8O8/c1-6-16-49(36(51)21-43-40(53)55-4)22-34-44-32-14-10-27-19-25(8-12-29(27)37(32)47-34)26-9-13-30-28(20-26)11-15-33-38(30)48-35(45-33)23-50(24-42(3)57-17-18-58-42)39(52)31(7-2)46-41(54)56-5/h8-10,12-14,19-20,31H,6-7,11,15-18,21-24H2,1-5H3,(H,43,53)(H,44,47)(H,45,48)(H,46,54). The summed E-state index contributed by atoms with van der Waals surface area (Å²) in [5.74, 6) is -0.190. The minimum Gasteiger partial charge on any atom is -0.453 e. The van der Waals surface area contributed by atoms with Crippen molar-refractivity contribution >= 4 is 45.8 Å². The molecule has 1 atom stereocenters. The summed E-state index contributed by atoms with van der Waals surface area (Å²) in [6.07, 6.45) is 1.39. The molecule has 7 rings (SSSR count). The Morgan fingerprint density at radius 1 is 0.879 bits per heavy atom. The lowest BCUT2D eigenvalue weighted by Gasteiger charge is -2.32. The van der Waals surface area contributed by atoms with Gasteiger partial charge in [-0.2, -0.15) is 0 Å². The van der Waals surface area contributed by atoms with E-state index in [2.05, 4.69) is 67.8 Å². The highest BCUT2D eigenvalue weighted by Gasteiger charge is 2.37. The molecule has 3 heterocycles. The van der Waals surface area contributed by atoms with Crippen LogP contribution < -0.4 is 10.6 Å². The largest absolute Gasteiger partial charge is 0.453 e. The maximum Gasteiger partial charge on any atom is 0.407 e. The van der Waals surface area contributed by atoms with Crippen LogP contribution in [0.25, 0.3) is 44.2 Å². The molecule has 3 aromatic carbocycles. The predicted molar refractivity (Wildman–Crippen MR) is 215 cm³/mol. The van der Waals surface area contributed by atoms with Crippen LogP contribution in [0.15, 0.2) is 48.5 Å². The molecule has 1 fully saturated rings. The highest BCUT2D eigenvalue weighted by molar-refractivity contribution is 6.05. The van der Waals surface area contributed by atoms with E-state index in [9.17, 15) is 19.2 Å². The second-order valence-corrected chi connectivity index (χ2v) is 14.7. The summed E-state index contributed by atoms with van der Waals surface area (Å²) in [4.78, 5) is 70.3. The molecule has 1 aliphatic heterocycles. The van der Waals surface area contributed by atoms with E-state index in [1.54, 1.807) is 9.80 Å². The van der Waals surface area contributed by atoms with Crippen molar-refractivity contribution in [3.63, 3.8) is 0 Å². The fourth-order valence-corrected chi connectivity index (χ4v) is 7.74. The third-order valence-corrected chi connectivity index (χ3v) is 10.7. The molecule has 16 heteroatoms. The first kappa shape index (κ1) is 40.2. The molecule has 0 bridgehead atoms. The number of carbonyl (C=O) groups is 4. The molecule has 16 nitrogen and oxygen atoms in total. The van der Waals surface area contributed by atoms with Gasteiger partial charge >= 0.3 is 12.2 Å². The molecular formula is C42H50N8O8. The number of aromatic nitrogens is 4. The molecule has 0 saturated carbocycles. The number of ether oxygens (including phenoxy) is 4. The van der Waals surface area contributed by atoms with E-state index >= 15 is 0 Å². The van der Waals surface area contributed by atoms with Gasteiger partial charge in [0.15, 0.2) is 5.79 Å². The van der Waals surface area contributed by atoms with Crippen molar-refractivity contribution in [3.8, 4) is 22.4 Å². The van der Waals surface area contributed by atoms with Crippen molar-refractivity contribution in [1.29, 1.82) is 0 Å². The van der Waals surface area contributed by atoms with Crippen LogP contribution in [0, 0.1) is 0 Å². The first-order chi connectivity index (χ1) is 28.0. The summed E-state index contributed by atoms with van der Waals surface area (Å²) < 4.78 is 21.1. The average Bonchev–Trinajstić information content (AvgIpc) is 3.98. The summed E-state index contributed by atoms with van der Waals surface area (Å²) in [6, 6.07) is 16.1. The number of benzene rings is 3. The molecule has 0 radical (unpaired) electrons. The van der Waals surface area contributed by atoms with Gasteiger partial charge in [-0.1, -0.05) is 50.2 Å². The Hall–Kier alpha value is -6.00. The molecule has 1 saturated heterocycles. The van der Waals surface area contributed by atoms with E-state index in [0.717, 1.165) is 69.1 Å². The first-order valence-corrected chi connectivity index (χ1v) is 19.6. The van der Waals surface area contributed by atoms with Crippen LogP contribution in [-0.4, -0.2) is 113 Å². The summed E-state index contributed by atoms with van der Waals surface area (Å²) >= 11 is 0. The van der Waals surface area contributed by atoms with Gasteiger partial charge < -0.3 is 49.3 Å². The maximum absolute atomic E-state index is 13.8. The van der Waals surface area contributed by atoms with Crippen molar-refractivity contribution < 1.29 is 38.1 Å². The number of fused-ring (bicyclic) bond motifs is 6. The minimum atomic E-state index is -0.977. The number of imidazole rings is 2. The van der Waals surface area contributed by atoms with Crippen LogP contribution in [0.2, 0.25) is 0 Å². The number of nitrogens with zero attached hydrogens (tertiary/aromatic N) is 4. The second-order valence-electron chi connectivity index (χ2n) is 14.7. The lowest BCUT2D eigenvalue weighted by molar-refractivity contribution is -0.168. The van der Waals surface area contributed by atoms with E-state index in [4.69, 9.17) is 24.2 Å². The fraction of sp³-hybridized carbons (Fsp3) is 0.429. The Morgan fingerprint density at radius 3 is 2.34 bits per heavy atom. The van der Waals surface area contributed by atoms with Crippen LogP contribution in [0.3, 0.4) is 0 Å². The molecule has 306 valence electrons. The van der Waals surface area contributed by atoms with Gasteiger partial charge in [0.25, 0.3) is 0 Å². The number of hydrogen-bond donors (Lipinski definition) is 4. The van der Waals surface area contributed by atoms with Gasteiger partial charge in [0, 0.05) is 23.2 Å². The predicted octanol–water partition coefficient (Wildman–Crippen LogP) is 5.19. The van der Waals surface area contributed by atoms with Crippen LogP contribution in [0.5, 0.6) is 0 Å². The highest BCUT2D eigenvalue weighted by atomic mass is 16.7. The number of hydrogen-bond acceptors (Lipinski definition) is 10. The summed E-state index contributed by atoms with van der Waals surface area (Å²) in [5.41, 5.74) is 7.96. The zero-order chi connectivity index (χ0) is 41.0. The number of alkyl carbamates (subject to hydrolysis) is 2. The minimum absolute atomic E-state index is 0.156. The number of amides is 4. The van der Waals surface area contributed by atoms with Crippen LogP contribution >= 0.6 is 0 Å². The molecule has 1 aliphatic carbocycles. The average molecular weight is 795 g/mol. The molecule has 5 aromatic rings. The number of aryl methyl sites for hydroxylation is 2. The van der Waals surface area contributed by atoms with Crippen molar-refractivity contribution in [2.75, 3.05) is 47.1 Å². The maximum atomic E-state index is 13.8. The molecule has 2 aromatic heterocycles. The molecular weight excluding hydrogens is 745 g/mol. The number of methoxy groups -OCH3 is 2. The van der Waals surface area contributed by atoms with Gasteiger partial charge in [-0.05, 0) is 66.8 Å². The van der Waals surface area contributed by atoms with Crippen molar-refractivity contribution in [2.45, 2.75) is 71.4 Å². The molecule has 0 spiro atoms. The Kier molecular flexibility index (Phi) is 12.0. The lowest BCUT2D eigenvalue weighted by Crippen LogP contribution is -2.52. The topological polar surface area (TPSA) is 193 Å². The van der Waals surface area contributed by atoms with Gasteiger partial charge in [-0.3, -0.25) is 9.59 Å². The summed E-state index contributed by atoms with van der Waals surface area (Å²) in [7, 11) is 2.53. The lowest BCUT2D eigenvalue weighted by atomic mass is 9.89. The fourth-order valence-electron chi connectivity index (χ4n) is 7.74. The summed E-state index contributed by atoms with van der Waals surface area (Å²) in [6.45, 7) is 7.47. The number of carbonyl (C=O) groups excluding carboxylic acids is 4. The van der Waals surface area contributed by atoms with E-state index in [-0.39, 0.29) is 38.0 Å². The van der Waals surface area contributed by atoms with Gasteiger partial charge in [-0.25, -0.2) is 19.6 Å². The summed E-state index contributed by atoms with van der Waals surface area (Å²) in [5, 5.41) is 7.14. The normalized spacial score (nSPS) is 14.7. The quantitative estimate of drug-likeness (QED) is 0.116. The SMILES string of the molecule is CCCN(Cc1nc2c(ccc3cc(-c4ccc5c(c4)CCc4[nH]c(CN(CC6(C)OCCO6)C(=O)C(CC)NC(=O)OC)nc4-5)ccc32)[nH]1)C(=O)CNC(=O)OC. The number of nitrogens with one attached hydrogen (secondary N) is 4. The molecule has 58 heavy (non-hydrogen) atoms. The third-order valence-electron chi connectivity index (χ3n) is 10.7. The zero-order valence-electron chi connectivity index (χ0n) is 33.5. The number of H-pyrrole nitrogens is 2. The molecule has 1 unspecified atom stereocenters.